The van der Waals surface area contributed by atoms with Gasteiger partial charge >= 0.3 is 0 Å². The number of phenols is 2. The Kier molecular flexibility index (Phi) is 4.20. The van der Waals surface area contributed by atoms with E-state index in [1.807, 2.05) is 0 Å². The zero-order valence-electron chi connectivity index (χ0n) is 12.2. The van der Waals surface area contributed by atoms with E-state index in [0.29, 0.717) is 0 Å². The third-order valence-electron chi connectivity index (χ3n) is 4.12. The number of aliphatic hydroxyl groups excluding tert-OH is 4. The predicted molar refractivity (Wildman–Crippen MR) is 78.5 cm³/mol. The Morgan fingerprint density at radius 2 is 1.79 bits per heavy atom. The molecule has 0 spiro atoms. The summed E-state index contributed by atoms with van der Waals surface area (Å²) >= 11 is 0. The molecule has 1 aromatic carbocycles. The zero-order chi connectivity index (χ0) is 17.6. The topological polar surface area (TPSA) is 161 Å². The third kappa shape index (κ3) is 2.43. The molecule has 5 atom stereocenters. The number of aliphatic hydroxyl groups is 4. The summed E-state index contributed by atoms with van der Waals surface area (Å²) in [6, 6.07) is 2.13. The van der Waals surface area contributed by atoms with Crippen LogP contribution in [0.4, 0.5) is 0 Å². The fourth-order valence-corrected chi connectivity index (χ4v) is 2.85. The average molecular weight is 340 g/mol. The number of rotatable bonds is 2. The lowest BCUT2D eigenvalue weighted by Crippen LogP contribution is -2.55. The Bertz CT molecular complexity index is 812. The van der Waals surface area contributed by atoms with Gasteiger partial charge in [0.1, 0.15) is 53.0 Å². The van der Waals surface area contributed by atoms with Gasteiger partial charge in [0.2, 0.25) is 0 Å². The van der Waals surface area contributed by atoms with Gasteiger partial charge in [0.25, 0.3) is 0 Å². The van der Waals surface area contributed by atoms with Crippen molar-refractivity contribution in [3.63, 3.8) is 0 Å². The lowest BCUT2D eigenvalue weighted by atomic mass is 9.89. The molecule has 1 aliphatic rings. The van der Waals surface area contributed by atoms with Crippen LogP contribution in [-0.4, -0.2) is 61.7 Å². The minimum absolute atomic E-state index is 0.0779. The molecule has 1 saturated heterocycles. The van der Waals surface area contributed by atoms with E-state index in [1.165, 1.54) is 0 Å². The molecule has 0 aliphatic carbocycles. The zero-order valence-corrected chi connectivity index (χ0v) is 12.2. The molecule has 1 aliphatic heterocycles. The van der Waals surface area contributed by atoms with Gasteiger partial charge in [-0.15, -0.1) is 0 Å². The monoisotopic (exact) mass is 340 g/mol. The van der Waals surface area contributed by atoms with Gasteiger partial charge in [0.05, 0.1) is 18.4 Å². The summed E-state index contributed by atoms with van der Waals surface area (Å²) in [4.78, 5) is 11.9. The predicted octanol–water partition coefficient (Wildman–Crippen LogP) is -1.28. The highest BCUT2D eigenvalue weighted by Crippen LogP contribution is 2.43. The van der Waals surface area contributed by atoms with E-state index in [1.54, 1.807) is 0 Å². The van der Waals surface area contributed by atoms with Crippen molar-refractivity contribution in [1.82, 2.24) is 0 Å². The normalized spacial score (nSPS) is 30.6. The number of aromatic hydroxyl groups is 2. The summed E-state index contributed by atoms with van der Waals surface area (Å²) in [6.07, 6.45) is -6.61. The van der Waals surface area contributed by atoms with Crippen LogP contribution in [0.3, 0.4) is 0 Å². The lowest BCUT2D eigenvalue weighted by molar-refractivity contribution is -0.232. The third-order valence-corrected chi connectivity index (χ3v) is 4.12. The fourth-order valence-electron chi connectivity index (χ4n) is 2.85. The number of ether oxygens (including phenoxy) is 1. The first kappa shape index (κ1) is 16.7. The first-order valence-corrected chi connectivity index (χ1v) is 7.13. The highest BCUT2D eigenvalue weighted by molar-refractivity contribution is 5.86. The van der Waals surface area contributed by atoms with E-state index >= 15 is 0 Å². The van der Waals surface area contributed by atoms with Crippen LogP contribution in [0.2, 0.25) is 0 Å². The van der Waals surface area contributed by atoms with Crippen LogP contribution in [0, 0.1) is 0 Å². The number of hydrogen-bond donors (Lipinski definition) is 6. The maximum Gasteiger partial charge on any atom is 0.196 e. The lowest BCUT2D eigenvalue weighted by Gasteiger charge is -2.40. The van der Waals surface area contributed by atoms with Gasteiger partial charge < -0.3 is 39.8 Å². The Balaban J connectivity index is 2.18. The molecular weight excluding hydrogens is 324 g/mol. The van der Waals surface area contributed by atoms with Gasteiger partial charge in [0.15, 0.2) is 5.43 Å². The largest absolute Gasteiger partial charge is 0.507 e. The summed E-state index contributed by atoms with van der Waals surface area (Å²) in [5.41, 5.74) is -1.01. The summed E-state index contributed by atoms with van der Waals surface area (Å²) in [5, 5.41) is 59.3. The molecule has 9 nitrogen and oxygen atoms in total. The summed E-state index contributed by atoms with van der Waals surface area (Å²) in [7, 11) is 0. The van der Waals surface area contributed by atoms with Crippen molar-refractivity contribution in [2.45, 2.75) is 30.5 Å². The second kappa shape index (κ2) is 6.04. The van der Waals surface area contributed by atoms with Crippen LogP contribution in [0.25, 0.3) is 11.0 Å². The Morgan fingerprint density at radius 1 is 1.08 bits per heavy atom. The van der Waals surface area contributed by atoms with E-state index in [0.717, 1.165) is 18.4 Å². The van der Waals surface area contributed by atoms with Crippen molar-refractivity contribution in [2.24, 2.45) is 0 Å². The van der Waals surface area contributed by atoms with Crippen molar-refractivity contribution in [3.05, 3.63) is 34.2 Å². The second-order valence-electron chi connectivity index (χ2n) is 5.57. The van der Waals surface area contributed by atoms with E-state index in [2.05, 4.69) is 0 Å². The SMILES string of the molecule is O=c1ccoc2cc(O)c([C@H]3O[C@@H](CO)[C@@H](O)[C@@H](O)[C@H]3O)c(O)c12. The van der Waals surface area contributed by atoms with E-state index in [-0.39, 0.29) is 16.5 Å². The molecule has 0 radical (unpaired) electrons. The maximum atomic E-state index is 11.9. The van der Waals surface area contributed by atoms with E-state index in [9.17, 15) is 35.4 Å². The molecule has 1 aromatic heterocycles. The summed E-state index contributed by atoms with van der Waals surface area (Å²) in [5.74, 6) is -1.22. The molecule has 9 heteroatoms. The quantitative estimate of drug-likeness (QED) is 0.391. The second-order valence-corrected chi connectivity index (χ2v) is 5.57. The number of fused-ring (bicyclic) bond motifs is 1. The van der Waals surface area contributed by atoms with Gasteiger partial charge in [-0.2, -0.15) is 0 Å². The average Bonchev–Trinajstić information content (AvgIpc) is 2.54. The van der Waals surface area contributed by atoms with Gasteiger partial charge in [-0.25, -0.2) is 0 Å². The minimum Gasteiger partial charge on any atom is -0.507 e. The van der Waals surface area contributed by atoms with Crippen LogP contribution >= 0.6 is 0 Å². The smallest absolute Gasteiger partial charge is 0.196 e. The maximum absolute atomic E-state index is 11.9. The van der Waals surface area contributed by atoms with E-state index in [4.69, 9.17) is 9.15 Å². The molecular formula is C15H16O9. The molecule has 24 heavy (non-hydrogen) atoms. The molecule has 6 N–H and O–H groups in total. The van der Waals surface area contributed by atoms with Crippen LogP contribution in [-0.2, 0) is 4.74 Å². The standard InChI is InChI=1S/C15H16O9/c16-4-8-11(19)13(21)14(22)15(24-8)10-6(18)3-7-9(12(10)20)5(17)1-2-23-7/h1-3,8,11,13-16,18-22H,4H2/t8-,11+,13+,14+,15+/m0/s1. The molecule has 130 valence electrons. The highest BCUT2D eigenvalue weighted by Gasteiger charge is 2.46. The molecule has 3 rings (SSSR count). The van der Waals surface area contributed by atoms with Crippen LogP contribution < -0.4 is 5.43 Å². The summed E-state index contributed by atoms with van der Waals surface area (Å²) in [6.45, 7) is -0.668. The molecule has 0 bridgehead atoms. The fraction of sp³-hybridized carbons (Fsp3) is 0.400. The van der Waals surface area contributed by atoms with Crippen molar-refractivity contribution in [1.29, 1.82) is 0 Å². The van der Waals surface area contributed by atoms with Gasteiger partial charge in [-0.1, -0.05) is 0 Å². The van der Waals surface area contributed by atoms with Crippen LogP contribution in [0.15, 0.2) is 27.6 Å². The van der Waals surface area contributed by atoms with Gasteiger partial charge in [-0.3, -0.25) is 4.79 Å². The number of phenolic OH excluding ortho intramolecular Hbond substituents is 2. The Labute approximate surface area is 134 Å². The number of hydrogen-bond acceptors (Lipinski definition) is 9. The van der Waals surface area contributed by atoms with Crippen molar-refractivity contribution in [2.75, 3.05) is 6.61 Å². The van der Waals surface area contributed by atoms with Gasteiger partial charge in [0, 0.05) is 12.1 Å². The van der Waals surface area contributed by atoms with Crippen LogP contribution in [0.1, 0.15) is 11.7 Å². The van der Waals surface area contributed by atoms with Crippen molar-refractivity contribution in [3.8, 4) is 11.5 Å². The molecule has 0 saturated carbocycles. The van der Waals surface area contributed by atoms with Crippen molar-refractivity contribution < 1.29 is 39.8 Å². The Hall–Kier alpha value is -2.17. The molecule has 2 heterocycles. The van der Waals surface area contributed by atoms with Crippen molar-refractivity contribution >= 4 is 11.0 Å². The number of benzene rings is 1. The highest BCUT2D eigenvalue weighted by atomic mass is 16.5. The minimum atomic E-state index is -1.71. The first-order valence-electron chi connectivity index (χ1n) is 7.13. The molecule has 2 aromatic rings. The molecule has 0 amide bonds. The Morgan fingerprint density at radius 3 is 2.46 bits per heavy atom. The molecule has 1 fully saturated rings. The summed E-state index contributed by atoms with van der Waals surface area (Å²) < 4.78 is 10.4. The van der Waals surface area contributed by atoms with Crippen LogP contribution in [0.5, 0.6) is 11.5 Å². The first-order chi connectivity index (χ1) is 11.4. The van der Waals surface area contributed by atoms with E-state index < -0.39 is 54.1 Å². The molecule has 0 unspecified atom stereocenters. The van der Waals surface area contributed by atoms with Gasteiger partial charge in [-0.05, 0) is 0 Å².